The number of nitrogens with zero attached hydrogens (tertiary/aromatic N) is 1. The van der Waals surface area contributed by atoms with Crippen LogP contribution in [0.4, 0.5) is 4.79 Å². The van der Waals surface area contributed by atoms with Crippen molar-refractivity contribution in [2.24, 2.45) is 5.92 Å². The molecule has 0 aromatic heterocycles. The molecular weight excluding hydrogens is 342 g/mol. The summed E-state index contributed by atoms with van der Waals surface area (Å²) in [5.74, 6) is 0.363. The van der Waals surface area contributed by atoms with Crippen molar-refractivity contribution in [3.8, 4) is 0 Å². The van der Waals surface area contributed by atoms with Crippen LogP contribution in [0.1, 0.15) is 45.2 Å². The molecule has 6 nitrogen and oxygen atoms in total. The number of carbonyl (C=O) groups excluding carboxylic acids is 2. The third kappa shape index (κ3) is 7.21. The maximum atomic E-state index is 12.3. The zero-order valence-corrected chi connectivity index (χ0v) is 17.2. The molecule has 0 bridgehead atoms. The van der Waals surface area contributed by atoms with E-state index in [0.717, 1.165) is 18.5 Å². The molecule has 1 saturated heterocycles. The van der Waals surface area contributed by atoms with Gasteiger partial charge in [-0.05, 0) is 58.1 Å². The fourth-order valence-corrected chi connectivity index (χ4v) is 3.37. The highest BCUT2D eigenvalue weighted by Gasteiger charge is 2.30. The van der Waals surface area contributed by atoms with Gasteiger partial charge in [-0.1, -0.05) is 24.3 Å². The van der Waals surface area contributed by atoms with Crippen molar-refractivity contribution in [3.05, 3.63) is 35.4 Å². The Labute approximate surface area is 162 Å². The Bertz CT molecular complexity index is 654. The van der Waals surface area contributed by atoms with E-state index in [0.29, 0.717) is 31.6 Å². The van der Waals surface area contributed by atoms with E-state index >= 15 is 0 Å². The monoisotopic (exact) mass is 375 g/mol. The van der Waals surface area contributed by atoms with Gasteiger partial charge in [0.05, 0.1) is 6.54 Å². The highest BCUT2D eigenvalue weighted by Crippen LogP contribution is 2.22. The van der Waals surface area contributed by atoms with Gasteiger partial charge < -0.3 is 15.4 Å². The van der Waals surface area contributed by atoms with E-state index in [4.69, 9.17) is 4.74 Å². The first-order valence-electron chi connectivity index (χ1n) is 9.66. The number of nitrogens with one attached hydrogen (secondary N) is 2. The van der Waals surface area contributed by atoms with E-state index in [-0.39, 0.29) is 12.0 Å². The lowest BCUT2D eigenvalue weighted by atomic mass is 10.1. The zero-order valence-electron chi connectivity index (χ0n) is 17.2. The normalized spacial score (nSPS) is 20.3. The van der Waals surface area contributed by atoms with Gasteiger partial charge in [0.25, 0.3) is 0 Å². The smallest absolute Gasteiger partial charge is 0.407 e. The summed E-state index contributed by atoms with van der Waals surface area (Å²) in [6, 6.07) is 8.38. The predicted molar refractivity (Wildman–Crippen MR) is 106 cm³/mol. The molecule has 0 spiro atoms. The first-order chi connectivity index (χ1) is 12.6. The summed E-state index contributed by atoms with van der Waals surface area (Å²) in [7, 11) is 0. The summed E-state index contributed by atoms with van der Waals surface area (Å²) >= 11 is 0. The van der Waals surface area contributed by atoms with Crippen LogP contribution in [0.3, 0.4) is 0 Å². The predicted octanol–water partition coefficient (Wildman–Crippen LogP) is 2.85. The fourth-order valence-electron chi connectivity index (χ4n) is 3.37. The molecule has 0 saturated carbocycles. The highest BCUT2D eigenvalue weighted by atomic mass is 16.6. The van der Waals surface area contributed by atoms with Crippen LogP contribution in [0.25, 0.3) is 0 Å². The van der Waals surface area contributed by atoms with E-state index in [1.807, 2.05) is 52.0 Å². The molecule has 0 radical (unpaired) electrons. The molecule has 1 fully saturated rings. The lowest BCUT2D eigenvalue weighted by molar-refractivity contribution is -0.122. The van der Waals surface area contributed by atoms with Gasteiger partial charge in [-0.25, -0.2) is 4.79 Å². The SMILES string of the molecule is Cc1ccccc1CNC(=O)CN1CC(CNC(=O)OC(C)(C)C)CC1C. The molecule has 0 aliphatic carbocycles. The molecule has 1 heterocycles. The Balaban J connectivity index is 1.73. The number of amides is 2. The Kier molecular flexibility index (Phi) is 7.25. The Hall–Kier alpha value is -2.08. The molecule has 150 valence electrons. The summed E-state index contributed by atoms with van der Waals surface area (Å²) in [5, 5.41) is 5.85. The molecular formula is C21H33N3O3. The zero-order chi connectivity index (χ0) is 20.0. The van der Waals surface area contributed by atoms with Crippen LogP contribution < -0.4 is 10.6 Å². The number of carbonyl (C=O) groups is 2. The molecule has 1 aliphatic heterocycles. The molecule has 2 amide bonds. The van der Waals surface area contributed by atoms with Gasteiger partial charge in [-0.15, -0.1) is 0 Å². The summed E-state index contributed by atoms with van der Waals surface area (Å²) in [6.45, 7) is 12.0. The minimum Gasteiger partial charge on any atom is -0.444 e. The topological polar surface area (TPSA) is 70.7 Å². The first kappa shape index (κ1) is 21.2. The highest BCUT2D eigenvalue weighted by molar-refractivity contribution is 5.78. The summed E-state index contributed by atoms with van der Waals surface area (Å²) in [6.07, 6.45) is 0.575. The van der Waals surface area contributed by atoms with Crippen molar-refractivity contribution >= 4 is 12.0 Å². The number of likely N-dealkylation sites (tertiary alicyclic amines) is 1. The summed E-state index contributed by atoms with van der Waals surface area (Å²) in [4.78, 5) is 26.3. The maximum absolute atomic E-state index is 12.3. The van der Waals surface area contributed by atoms with Gasteiger partial charge in [0.15, 0.2) is 0 Å². The maximum Gasteiger partial charge on any atom is 0.407 e. The molecule has 1 aromatic carbocycles. The first-order valence-corrected chi connectivity index (χ1v) is 9.66. The van der Waals surface area contributed by atoms with Crippen LogP contribution in [0, 0.1) is 12.8 Å². The van der Waals surface area contributed by atoms with E-state index in [1.54, 1.807) is 0 Å². The van der Waals surface area contributed by atoms with Crippen LogP contribution in [-0.2, 0) is 16.1 Å². The number of alkyl carbamates (subject to hydrolysis) is 1. The van der Waals surface area contributed by atoms with Crippen LogP contribution in [0.5, 0.6) is 0 Å². The number of benzene rings is 1. The van der Waals surface area contributed by atoms with Gasteiger partial charge in [-0.2, -0.15) is 0 Å². The van der Waals surface area contributed by atoms with Gasteiger partial charge in [0, 0.05) is 25.7 Å². The molecule has 27 heavy (non-hydrogen) atoms. The second-order valence-electron chi connectivity index (χ2n) is 8.47. The Morgan fingerprint density at radius 2 is 1.93 bits per heavy atom. The minimum absolute atomic E-state index is 0.0332. The standard InChI is InChI=1S/C21H33N3O3/c1-15-8-6-7-9-18(15)12-22-19(25)14-24-13-17(10-16(24)2)11-23-20(26)27-21(3,4)5/h6-9,16-17H,10-14H2,1-5H3,(H,22,25)(H,23,26). The van der Waals surface area contributed by atoms with Crippen molar-refractivity contribution in [1.82, 2.24) is 15.5 Å². The lowest BCUT2D eigenvalue weighted by Crippen LogP contribution is -2.39. The van der Waals surface area contributed by atoms with Crippen LogP contribution >= 0.6 is 0 Å². The van der Waals surface area contributed by atoms with Gasteiger partial charge >= 0.3 is 6.09 Å². The largest absolute Gasteiger partial charge is 0.444 e. The van der Waals surface area contributed by atoms with E-state index in [1.165, 1.54) is 5.56 Å². The van der Waals surface area contributed by atoms with Crippen molar-refractivity contribution in [1.29, 1.82) is 0 Å². The molecule has 2 N–H and O–H groups in total. The second-order valence-corrected chi connectivity index (χ2v) is 8.47. The van der Waals surface area contributed by atoms with Crippen LogP contribution in [-0.4, -0.2) is 48.2 Å². The number of rotatable bonds is 6. The third-order valence-electron chi connectivity index (χ3n) is 4.81. The van der Waals surface area contributed by atoms with Crippen molar-refractivity contribution < 1.29 is 14.3 Å². The van der Waals surface area contributed by atoms with Crippen molar-refractivity contribution in [3.63, 3.8) is 0 Å². The quantitative estimate of drug-likeness (QED) is 0.802. The van der Waals surface area contributed by atoms with E-state index < -0.39 is 5.60 Å². The Morgan fingerprint density at radius 1 is 1.22 bits per heavy atom. The summed E-state index contributed by atoms with van der Waals surface area (Å²) in [5.41, 5.74) is 1.83. The van der Waals surface area contributed by atoms with Crippen molar-refractivity contribution in [2.45, 2.75) is 59.2 Å². The number of hydrogen-bond donors (Lipinski definition) is 2. The molecule has 2 unspecified atom stereocenters. The van der Waals surface area contributed by atoms with Crippen molar-refractivity contribution in [2.75, 3.05) is 19.6 Å². The summed E-state index contributed by atoms with van der Waals surface area (Å²) < 4.78 is 5.27. The number of aryl methyl sites for hydroxylation is 1. The van der Waals surface area contributed by atoms with Gasteiger partial charge in [0.1, 0.15) is 5.60 Å². The molecule has 2 atom stereocenters. The van der Waals surface area contributed by atoms with Gasteiger partial charge in [0.2, 0.25) is 5.91 Å². The number of ether oxygens (including phenoxy) is 1. The third-order valence-corrected chi connectivity index (χ3v) is 4.81. The lowest BCUT2D eigenvalue weighted by Gasteiger charge is -2.21. The van der Waals surface area contributed by atoms with Crippen LogP contribution in [0.15, 0.2) is 24.3 Å². The van der Waals surface area contributed by atoms with Gasteiger partial charge in [-0.3, -0.25) is 9.69 Å². The Morgan fingerprint density at radius 3 is 2.59 bits per heavy atom. The van der Waals surface area contributed by atoms with Crippen LogP contribution in [0.2, 0.25) is 0 Å². The van der Waals surface area contributed by atoms with E-state index in [2.05, 4.69) is 22.5 Å². The number of hydrogen-bond acceptors (Lipinski definition) is 4. The second kappa shape index (κ2) is 9.22. The minimum atomic E-state index is -0.492. The molecule has 1 aliphatic rings. The average Bonchev–Trinajstić information content (AvgIpc) is 2.90. The van der Waals surface area contributed by atoms with E-state index in [9.17, 15) is 9.59 Å². The molecule has 1 aromatic rings. The fraction of sp³-hybridized carbons (Fsp3) is 0.619. The average molecular weight is 376 g/mol. The molecule has 2 rings (SSSR count). The molecule has 6 heteroatoms.